The Morgan fingerprint density at radius 1 is 0.750 bits per heavy atom. The number of amides is 1. The van der Waals surface area contributed by atoms with Gasteiger partial charge >= 0.3 is 5.97 Å². The Kier molecular flexibility index (Phi) is 9.54. The molecule has 5 rings (SSSR count). The fourth-order valence-corrected chi connectivity index (χ4v) is 4.89. The molecule has 6 atom stereocenters. The summed E-state index contributed by atoms with van der Waals surface area (Å²) in [6.45, 7) is 1.10. The van der Waals surface area contributed by atoms with Gasteiger partial charge in [-0.2, -0.15) is 0 Å². The quantitative estimate of drug-likeness (QED) is 0.355. The fourth-order valence-electron chi connectivity index (χ4n) is 4.89. The summed E-state index contributed by atoms with van der Waals surface area (Å²) in [4.78, 5) is 24.2. The molecule has 0 radical (unpaired) electrons. The molecule has 9 heteroatoms. The molecule has 3 aromatic rings. The summed E-state index contributed by atoms with van der Waals surface area (Å²) in [5.74, 6) is -1.67. The van der Waals surface area contributed by atoms with Crippen molar-refractivity contribution in [3.05, 3.63) is 108 Å². The number of rotatable bonds is 12. The summed E-state index contributed by atoms with van der Waals surface area (Å²) in [5.41, 5.74) is 2.94. The average Bonchev–Trinajstić information content (AvgIpc) is 2.97. The van der Waals surface area contributed by atoms with Gasteiger partial charge in [0, 0.05) is 0 Å². The molecule has 2 aliphatic heterocycles. The largest absolute Gasteiger partial charge is 0.481 e. The number of hydrogen-bond acceptors (Lipinski definition) is 7. The van der Waals surface area contributed by atoms with Crippen LogP contribution in [0.4, 0.5) is 0 Å². The van der Waals surface area contributed by atoms with Gasteiger partial charge in [-0.05, 0) is 16.7 Å². The molecule has 210 valence electrons. The summed E-state index contributed by atoms with van der Waals surface area (Å²) in [6, 6.07) is 28.5. The minimum Gasteiger partial charge on any atom is -0.481 e. The molecule has 2 fully saturated rings. The van der Waals surface area contributed by atoms with Crippen LogP contribution >= 0.6 is 0 Å². The molecule has 3 aromatic carbocycles. The topological polar surface area (TPSA) is 113 Å². The second-order valence-corrected chi connectivity index (χ2v) is 9.82. The second kappa shape index (κ2) is 13.6. The Labute approximate surface area is 233 Å². The lowest BCUT2D eigenvalue weighted by atomic mass is 9.94. The van der Waals surface area contributed by atoms with E-state index in [2.05, 4.69) is 5.32 Å². The first-order valence-electron chi connectivity index (χ1n) is 13.3. The van der Waals surface area contributed by atoms with Gasteiger partial charge in [0.15, 0.2) is 6.29 Å². The van der Waals surface area contributed by atoms with Crippen molar-refractivity contribution in [2.24, 2.45) is 0 Å². The van der Waals surface area contributed by atoms with Crippen molar-refractivity contribution in [3.8, 4) is 0 Å². The molecule has 2 heterocycles. The SMILES string of the molecule is O=C(O)C[C@@H]1OC2O[C@H](COCc3ccccc3)[C@H](OCc3ccccc3)[C@H](OCc3ccccc3)[C@H]2NC1=O. The summed E-state index contributed by atoms with van der Waals surface area (Å²) >= 11 is 0. The van der Waals surface area contributed by atoms with Crippen molar-refractivity contribution in [2.45, 2.75) is 63.0 Å². The Morgan fingerprint density at radius 3 is 1.82 bits per heavy atom. The van der Waals surface area contributed by atoms with Crippen LogP contribution in [0.3, 0.4) is 0 Å². The van der Waals surface area contributed by atoms with E-state index < -0.39 is 55.0 Å². The Hall–Kier alpha value is -3.60. The molecule has 0 aliphatic carbocycles. The highest BCUT2D eigenvalue weighted by molar-refractivity contribution is 5.86. The smallest absolute Gasteiger partial charge is 0.306 e. The standard InChI is InChI=1S/C31H33NO8/c33-26(34)16-24-30(35)32-27-29(38-19-23-14-8-3-9-15-23)28(37-18-22-12-6-2-7-13-22)25(40-31(27)39-24)20-36-17-21-10-4-1-5-11-21/h1-15,24-25,27-29,31H,16-20H2,(H,32,35)(H,33,34)/t24-,25+,27+,28-,29+,31?/m0/s1. The van der Waals surface area contributed by atoms with Gasteiger partial charge in [0.25, 0.3) is 0 Å². The number of carbonyl (C=O) groups excluding carboxylic acids is 1. The molecule has 2 aliphatic rings. The second-order valence-electron chi connectivity index (χ2n) is 9.82. The van der Waals surface area contributed by atoms with E-state index in [1.165, 1.54) is 0 Å². The Bertz CT molecular complexity index is 1230. The van der Waals surface area contributed by atoms with Crippen molar-refractivity contribution in [1.82, 2.24) is 5.32 Å². The summed E-state index contributed by atoms with van der Waals surface area (Å²) in [6.07, 6.45) is -4.50. The van der Waals surface area contributed by atoms with Crippen molar-refractivity contribution in [3.63, 3.8) is 0 Å². The Morgan fingerprint density at radius 2 is 1.27 bits per heavy atom. The zero-order valence-electron chi connectivity index (χ0n) is 22.0. The molecule has 1 unspecified atom stereocenters. The number of benzene rings is 3. The van der Waals surface area contributed by atoms with Crippen LogP contribution in [0.1, 0.15) is 23.1 Å². The Balaban J connectivity index is 1.38. The maximum absolute atomic E-state index is 12.8. The monoisotopic (exact) mass is 547 g/mol. The first-order chi connectivity index (χ1) is 19.6. The van der Waals surface area contributed by atoms with Gasteiger partial charge in [-0.15, -0.1) is 0 Å². The number of morpholine rings is 1. The lowest BCUT2D eigenvalue weighted by Crippen LogP contribution is -2.70. The molecule has 2 N–H and O–H groups in total. The maximum Gasteiger partial charge on any atom is 0.306 e. The number of carboxylic acids is 1. The molecule has 0 saturated carbocycles. The van der Waals surface area contributed by atoms with Crippen LogP contribution in [0.2, 0.25) is 0 Å². The van der Waals surface area contributed by atoms with Crippen molar-refractivity contribution < 1.29 is 38.4 Å². The predicted octanol–water partition coefficient (Wildman–Crippen LogP) is 3.46. The summed E-state index contributed by atoms with van der Waals surface area (Å²) in [5, 5.41) is 12.2. The average molecular weight is 548 g/mol. The van der Waals surface area contributed by atoms with E-state index in [-0.39, 0.29) is 13.2 Å². The molecule has 0 bridgehead atoms. The van der Waals surface area contributed by atoms with E-state index in [0.29, 0.717) is 13.2 Å². The van der Waals surface area contributed by atoms with Gasteiger partial charge in [-0.25, -0.2) is 0 Å². The zero-order valence-corrected chi connectivity index (χ0v) is 22.0. The number of carbonyl (C=O) groups is 2. The van der Waals surface area contributed by atoms with E-state index in [1.807, 2.05) is 91.0 Å². The molecule has 1 amide bonds. The minimum atomic E-state index is -1.18. The number of aliphatic carboxylic acids is 1. The third kappa shape index (κ3) is 7.32. The molecular weight excluding hydrogens is 514 g/mol. The lowest BCUT2D eigenvalue weighted by molar-refractivity contribution is -0.306. The van der Waals surface area contributed by atoms with Crippen LogP contribution in [0, 0.1) is 0 Å². The van der Waals surface area contributed by atoms with E-state index in [1.54, 1.807) is 0 Å². The van der Waals surface area contributed by atoms with Crippen molar-refractivity contribution in [2.75, 3.05) is 6.61 Å². The van der Waals surface area contributed by atoms with Gasteiger partial charge in [-0.3, -0.25) is 9.59 Å². The van der Waals surface area contributed by atoms with Gasteiger partial charge in [-0.1, -0.05) is 91.0 Å². The first-order valence-corrected chi connectivity index (χ1v) is 13.3. The highest BCUT2D eigenvalue weighted by atomic mass is 16.7. The molecule has 0 aromatic heterocycles. The number of nitrogens with one attached hydrogen (secondary N) is 1. The third-order valence-electron chi connectivity index (χ3n) is 6.87. The highest BCUT2D eigenvalue weighted by Crippen LogP contribution is 2.32. The van der Waals surface area contributed by atoms with Crippen LogP contribution in [-0.2, 0) is 53.1 Å². The van der Waals surface area contributed by atoms with Crippen LogP contribution in [0.15, 0.2) is 91.0 Å². The number of hydrogen-bond donors (Lipinski definition) is 2. The predicted molar refractivity (Wildman–Crippen MR) is 144 cm³/mol. The van der Waals surface area contributed by atoms with E-state index in [0.717, 1.165) is 16.7 Å². The van der Waals surface area contributed by atoms with Crippen LogP contribution < -0.4 is 5.32 Å². The van der Waals surface area contributed by atoms with Crippen LogP contribution in [0.5, 0.6) is 0 Å². The molecule has 0 spiro atoms. The zero-order chi connectivity index (χ0) is 27.7. The van der Waals surface area contributed by atoms with E-state index in [4.69, 9.17) is 23.7 Å². The number of carboxylic acid groups (broad SMARTS) is 1. The molecule has 40 heavy (non-hydrogen) atoms. The molecular formula is C31H33NO8. The molecule has 9 nitrogen and oxygen atoms in total. The lowest BCUT2D eigenvalue weighted by Gasteiger charge is -2.49. The summed E-state index contributed by atoms with van der Waals surface area (Å²) < 4.78 is 31.1. The fraction of sp³-hybridized carbons (Fsp3) is 0.355. The van der Waals surface area contributed by atoms with Gasteiger partial charge in [0.1, 0.15) is 30.5 Å². The van der Waals surface area contributed by atoms with Gasteiger partial charge < -0.3 is 34.1 Å². The normalized spacial score (nSPS) is 26.1. The maximum atomic E-state index is 12.8. The first kappa shape index (κ1) is 27.9. The van der Waals surface area contributed by atoms with E-state index in [9.17, 15) is 14.7 Å². The number of fused-ring (bicyclic) bond motifs is 1. The van der Waals surface area contributed by atoms with Crippen molar-refractivity contribution in [1.29, 1.82) is 0 Å². The van der Waals surface area contributed by atoms with Crippen molar-refractivity contribution >= 4 is 11.9 Å². The highest BCUT2D eigenvalue weighted by Gasteiger charge is 2.52. The summed E-state index contributed by atoms with van der Waals surface area (Å²) in [7, 11) is 0. The minimum absolute atomic E-state index is 0.170. The van der Waals surface area contributed by atoms with Crippen LogP contribution in [0.25, 0.3) is 0 Å². The van der Waals surface area contributed by atoms with E-state index >= 15 is 0 Å². The number of ether oxygens (including phenoxy) is 5. The van der Waals surface area contributed by atoms with Gasteiger partial charge in [0.2, 0.25) is 5.91 Å². The third-order valence-corrected chi connectivity index (χ3v) is 6.87. The van der Waals surface area contributed by atoms with Crippen LogP contribution in [-0.4, -0.2) is 60.3 Å². The molecule has 2 saturated heterocycles. The van der Waals surface area contributed by atoms with Gasteiger partial charge in [0.05, 0.1) is 32.8 Å².